The minimum absolute atomic E-state index is 0.0314. The molecule has 1 atom stereocenters. The number of fused-ring (bicyclic) bond motifs is 1. The van der Waals surface area contributed by atoms with Gasteiger partial charge in [0, 0.05) is 37.6 Å². The maximum atomic E-state index is 12.4. The number of benzene rings is 2. The van der Waals surface area contributed by atoms with Gasteiger partial charge in [-0.15, -0.1) is 0 Å². The van der Waals surface area contributed by atoms with E-state index in [0.29, 0.717) is 18.0 Å². The Morgan fingerprint density at radius 3 is 2.70 bits per heavy atom. The fourth-order valence-corrected chi connectivity index (χ4v) is 3.77. The third-order valence-electron chi connectivity index (χ3n) is 5.45. The summed E-state index contributed by atoms with van der Waals surface area (Å²) in [5, 5.41) is 5.37. The number of aryl methyl sites for hydroxylation is 1. The number of anilines is 2. The molecule has 1 aliphatic rings. The van der Waals surface area contributed by atoms with E-state index in [9.17, 15) is 9.59 Å². The summed E-state index contributed by atoms with van der Waals surface area (Å²) >= 11 is 0. The molecule has 2 aromatic rings. The number of carbonyl (C=O) groups is 2. The van der Waals surface area contributed by atoms with Gasteiger partial charge >= 0.3 is 11.8 Å². The van der Waals surface area contributed by atoms with Crippen LogP contribution >= 0.6 is 0 Å². The first-order chi connectivity index (χ1) is 14.4. The van der Waals surface area contributed by atoms with Gasteiger partial charge in [-0.3, -0.25) is 9.59 Å². The molecule has 0 bridgehead atoms. The lowest BCUT2D eigenvalue weighted by Crippen LogP contribution is -2.40. The molecule has 3 rings (SSSR count). The fraction of sp³-hybridized carbons (Fsp3) is 0.391. The van der Waals surface area contributed by atoms with Gasteiger partial charge in [0.15, 0.2) is 0 Å². The van der Waals surface area contributed by atoms with E-state index in [2.05, 4.69) is 45.7 Å². The Balaban J connectivity index is 1.64. The first-order valence-electron chi connectivity index (χ1n) is 10.1. The summed E-state index contributed by atoms with van der Waals surface area (Å²) in [4.78, 5) is 29.0. The summed E-state index contributed by atoms with van der Waals surface area (Å²) in [6.45, 7) is 1.41. The van der Waals surface area contributed by atoms with Gasteiger partial charge in [0.1, 0.15) is 5.75 Å². The van der Waals surface area contributed by atoms with Crippen molar-refractivity contribution in [3.63, 3.8) is 0 Å². The van der Waals surface area contributed by atoms with Crippen molar-refractivity contribution in [3.8, 4) is 5.75 Å². The molecule has 1 aliphatic heterocycles. The second-order valence-corrected chi connectivity index (χ2v) is 7.79. The van der Waals surface area contributed by atoms with E-state index in [1.165, 1.54) is 11.3 Å². The van der Waals surface area contributed by atoms with Crippen LogP contribution in [0.15, 0.2) is 42.5 Å². The molecular formula is C23H30N4O3. The predicted octanol–water partition coefficient (Wildman–Crippen LogP) is 2.44. The molecule has 0 aromatic heterocycles. The largest absolute Gasteiger partial charge is 0.497 e. The number of amides is 2. The van der Waals surface area contributed by atoms with E-state index >= 15 is 0 Å². The van der Waals surface area contributed by atoms with Crippen molar-refractivity contribution in [2.45, 2.75) is 18.9 Å². The van der Waals surface area contributed by atoms with Crippen LogP contribution in [0.25, 0.3) is 0 Å². The van der Waals surface area contributed by atoms with Crippen molar-refractivity contribution in [1.29, 1.82) is 0 Å². The van der Waals surface area contributed by atoms with Crippen LogP contribution in [-0.4, -0.2) is 58.1 Å². The van der Waals surface area contributed by atoms with Gasteiger partial charge in [-0.2, -0.15) is 0 Å². The summed E-state index contributed by atoms with van der Waals surface area (Å²) < 4.78 is 5.14. The zero-order valence-electron chi connectivity index (χ0n) is 18.1. The quantitative estimate of drug-likeness (QED) is 0.716. The highest BCUT2D eigenvalue weighted by Gasteiger charge is 2.21. The first kappa shape index (κ1) is 21.6. The average Bonchev–Trinajstić information content (AvgIpc) is 2.73. The van der Waals surface area contributed by atoms with Crippen molar-refractivity contribution in [2.24, 2.45) is 0 Å². The van der Waals surface area contributed by atoms with Gasteiger partial charge in [-0.1, -0.05) is 18.2 Å². The Morgan fingerprint density at radius 1 is 1.17 bits per heavy atom. The molecule has 0 aliphatic carbocycles. The minimum atomic E-state index is -0.701. The first-order valence-corrected chi connectivity index (χ1v) is 10.1. The van der Waals surface area contributed by atoms with Crippen molar-refractivity contribution < 1.29 is 14.3 Å². The summed E-state index contributed by atoms with van der Waals surface area (Å²) in [5.41, 5.74) is 4.24. The van der Waals surface area contributed by atoms with Crippen LogP contribution in [0, 0.1) is 0 Å². The smallest absolute Gasteiger partial charge is 0.313 e. The summed E-state index contributed by atoms with van der Waals surface area (Å²) in [6.07, 6.45) is 2.20. The maximum absolute atomic E-state index is 12.4. The van der Waals surface area contributed by atoms with Crippen molar-refractivity contribution >= 4 is 23.2 Å². The Morgan fingerprint density at radius 2 is 1.97 bits per heavy atom. The number of nitrogens with zero attached hydrogens (tertiary/aromatic N) is 2. The van der Waals surface area contributed by atoms with Gasteiger partial charge in [0.2, 0.25) is 0 Å². The number of nitrogens with one attached hydrogen (secondary N) is 2. The Labute approximate surface area is 178 Å². The lowest BCUT2D eigenvalue weighted by molar-refractivity contribution is -0.136. The van der Waals surface area contributed by atoms with Crippen molar-refractivity contribution in [1.82, 2.24) is 10.2 Å². The molecule has 2 aromatic carbocycles. The third-order valence-corrected chi connectivity index (χ3v) is 5.45. The fourth-order valence-electron chi connectivity index (χ4n) is 3.77. The van der Waals surface area contributed by atoms with Crippen molar-refractivity contribution in [3.05, 3.63) is 53.6 Å². The number of hydrogen-bond donors (Lipinski definition) is 2. The zero-order chi connectivity index (χ0) is 21.7. The van der Waals surface area contributed by atoms with Gasteiger partial charge < -0.3 is 25.2 Å². The predicted molar refractivity (Wildman–Crippen MR) is 119 cm³/mol. The van der Waals surface area contributed by atoms with Crippen molar-refractivity contribution in [2.75, 3.05) is 51.6 Å². The molecule has 2 N–H and O–H groups in total. The van der Waals surface area contributed by atoms with Gasteiger partial charge in [-0.05, 0) is 56.3 Å². The lowest BCUT2D eigenvalue weighted by Gasteiger charge is -2.30. The number of likely N-dealkylation sites (N-methyl/N-ethyl adjacent to an activating group) is 1. The van der Waals surface area contributed by atoms with E-state index in [-0.39, 0.29) is 6.04 Å². The highest BCUT2D eigenvalue weighted by molar-refractivity contribution is 6.39. The molecule has 160 valence electrons. The molecule has 0 saturated carbocycles. The average molecular weight is 411 g/mol. The minimum Gasteiger partial charge on any atom is -0.497 e. The second-order valence-electron chi connectivity index (χ2n) is 7.79. The molecule has 7 heteroatoms. The summed E-state index contributed by atoms with van der Waals surface area (Å²) in [6, 6.07) is 13.3. The maximum Gasteiger partial charge on any atom is 0.313 e. The molecule has 1 unspecified atom stereocenters. The topological polar surface area (TPSA) is 73.9 Å². The number of hydrogen-bond acceptors (Lipinski definition) is 5. The van der Waals surface area contributed by atoms with E-state index in [0.717, 1.165) is 24.9 Å². The van der Waals surface area contributed by atoms with Gasteiger partial charge in [0.05, 0.1) is 13.2 Å². The van der Waals surface area contributed by atoms with Crippen LogP contribution in [0.3, 0.4) is 0 Å². The monoisotopic (exact) mass is 410 g/mol. The second kappa shape index (κ2) is 9.63. The molecular weight excluding hydrogens is 380 g/mol. The standard InChI is InChI=1S/C23H30N4O3/c1-26(2)21(17-10-11-20-16(13-17)7-6-12-27(20)3)15-24-22(28)23(29)25-18-8-5-9-19(14-18)30-4/h5,8-11,13-14,21H,6-7,12,15H2,1-4H3,(H,24,28)(H,25,29). The number of rotatable bonds is 6. The third kappa shape index (κ3) is 5.10. The molecule has 0 radical (unpaired) electrons. The Kier molecular flexibility index (Phi) is 6.95. The highest BCUT2D eigenvalue weighted by atomic mass is 16.5. The molecule has 0 fully saturated rings. The molecule has 1 heterocycles. The molecule has 0 saturated heterocycles. The highest BCUT2D eigenvalue weighted by Crippen LogP contribution is 2.29. The van der Waals surface area contributed by atoms with E-state index < -0.39 is 11.8 Å². The van der Waals surface area contributed by atoms with Crippen LogP contribution in [0.1, 0.15) is 23.6 Å². The number of methoxy groups -OCH3 is 1. The molecule has 0 spiro atoms. The van der Waals surface area contributed by atoms with Gasteiger partial charge in [0.25, 0.3) is 0 Å². The van der Waals surface area contributed by atoms with Crippen LogP contribution in [0.2, 0.25) is 0 Å². The normalized spacial score (nSPS) is 14.1. The van der Waals surface area contributed by atoms with E-state index in [4.69, 9.17) is 4.74 Å². The summed E-state index contributed by atoms with van der Waals surface area (Å²) in [7, 11) is 7.60. The Bertz CT molecular complexity index is 913. The van der Waals surface area contributed by atoms with Gasteiger partial charge in [-0.25, -0.2) is 0 Å². The van der Waals surface area contributed by atoms with Crippen LogP contribution in [0.5, 0.6) is 5.75 Å². The Hall–Kier alpha value is -3.06. The molecule has 7 nitrogen and oxygen atoms in total. The SMILES string of the molecule is COc1cccc(NC(=O)C(=O)NCC(c2ccc3c(c2)CCCN3C)N(C)C)c1. The lowest BCUT2D eigenvalue weighted by atomic mass is 9.96. The van der Waals surface area contributed by atoms with E-state index in [1.54, 1.807) is 31.4 Å². The number of ether oxygens (including phenoxy) is 1. The van der Waals surface area contributed by atoms with Crippen LogP contribution < -0.4 is 20.3 Å². The molecule has 30 heavy (non-hydrogen) atoms. The summed E-state index contributed by atoms with van der Waals surface area (Å²) in [5.74, 6) is -0.755. The zero-order valence-corrected chi connectivity index (χ0v) is 18.1. The molecule has 2 amide bonds. The number of carbonyl (C=O) groups excluding carboxylic acids is 2. The van der Waals surface area contributed by atoms with E-state index in [1.807, 2.05) is 14.1 Å². The van der Waals surface area contributed by atoms with Crippen LogP contribution in [-0.2, 0) is 16.0 Å². The van der Waals surface area contributed by atoms with Crippen LogP contribution in [0.4, 0.5) is 11.4 Å².